The van der Waals surface area contributed by atoms with E-state index in [2.05, 4.69) is 24.1 Å². The highest BCUT2D eigenvalue weighted by atomic mass is 32.2. The van der Waals surface area contributed by atoms with Crippen molar-refractivity contribution in [2.75, 3.05) is 53.4 Å². The van der Waals surface area contributed by atoms with E-state index in [1.807, 2.05) is 19.0 Å². The summed E-state index contributed by atoms with van der Waals surface area (Å²) in [6.07, 6.45) is 2.42. The van der Waals surface area contributed by atoms with Crippen LogP contribution in [0.4, 0.5) is 0 Å². The number of hydrogen-bond acceptors (Lipinski definition) is 5. The summed E-state index contributed by atoms with van der Waals surface area (Å²) in [5.74, 6) is -0.0300. The predicted molar refractivity (Wildman–Crippen MR) is 133 cm³/mol. The van der Waals surface area contributed by atoms with Crippen molar-refractivity contribution in [1.82, 2.24) is 19.4 Å². The Morgan fingerprint density at radius 3 is 2.09 bits per heavy atom. The molecule has 0 radical (unpaired) electrons. The van der Waals surface area contributed by atoms with Crippen molar-refractivity contribution in [3.63, 3.8) is 0 Å². The van der Waals surface area contributed by atoms with Gasteiger partial charge in [0.2, 0.25) is 21.8 Å². The molecule has 190 valence electrons. The van der Waals surface area contributed by atoms with Gasteiger partial charge >= 0.3 is 0 Å². The highest BCUT2D eigenvalue weighted by Crippen LogP contribution is 2.27. The van der Waals surface area contributed by atoms with Gasteiger partial charge in [0.25, 0.3) is 0 Å². The SMILES string of the molecule is CN(C)CC(C)(C)CNC(=O)C1CCN(C(=O)C2CCN(S(=O)(=O)c3ccccc3)CC2)CC1. The number of piperidine rings is 2. The standard InChI is InChI=1S/C25H40N4O4S/c1-25(2,19-27(3)4)18-26-23(30)20-10-14-28(15-11-20)24(31)21-12-16-29(17-13-21)34(32,33)22-8-6-5-7-9-22/h5-9,20-21H,10-19H2,1-4H3,(H,26,30). The zero-order chi connectivity index (χ0) is 24.9. The molecule has 8 nitrogen and oxygen atoms in total. The molecule has 1 aromatic carbocycles. The molecule has 0 spiro atoms. The fraction of sp³-hybridized carbons (Fsp3) is 0.680. The fourth-order valence-corrected chi connectivity index (χ4v) is 6.58. The Bertz CT molecular complexity index is 933. The van der Waals surface area contributed by atoms with Gasteiger partial charge in [-0.2, -0.15) is 4.31 Å². The van der Waals surface area contributed by atoms with E-state index in [9.17, 15) is 18.0 Å². The number of likely N-dealkylation sites (tertiary alicyclic amines) is 1. The summed E-state index contributed by atoms with van der Waals surface area (Å²) in [6.45, 7) is 7.70. The molecular weight excluding hydrogens is 452 g/mol. The van der Waals surface area contributed by atoms with Crippen LogP contribution in [0.5, 0.6) is 0 Å². The van der Waals surface area contributed by atoms with E-state index >= 15 is 0 Å². The first-order valence-electron chi connectivity index (χ1n) is 12.3. The molecule has 2 saturated heterocycles. The molecule has 0 aromatic heterocycles. The molecule has 3 rings (SSSR count). The summed E-state index contributed by atoms with van der Waals surface area (Å²) in [6, 6.07) is 8.45. The molecule has 0 atom stereocenters. The number of sulfonamides is 1. The maximum Gasteiger partial charge on any atom is 0.243 e. The zero-order valence-electron chi connectivity index (χ0n) is 21.0. The molecule has 0 saturated carbocycles. The van der Waals surface area contributed by atoms with Crippen LogP contribution in [0.3, 0.4) is 0 Å². The van der Waals surface area contributed by atoms with E-state index in [-0.39, 0.29) is 29.1 Å². The van der Waals surface area contributed by atoms with E-state index in [0.717, 1.165) is 6.54 Å². The third-order valence-corrected chi connectivity index (χ3v) is 8.76. The van der Waals surface area contributed by atoms with Crippen molar-refractivity contribution in [3.8, 4) is 0 Å². The van der Waals surface area contributed by atoms with Gasteiger partial charge in [-0.3, -0.25) is 9.59 Å². The normalized spacial score (nSPS) is 19.4. The molecule has 2 aliphatic rings. The number of nitrogens with zero attached hydrogens (tertiary/aromatic N) is 3. The highest BCUT2D eigenvalue weighted by Gasteiger charge is 2.35. The fourth-order valence-electron chi connectivity index (χ4n) is 5.09. The summed E-state index contributed by atoms with van der Waals surface area (Å²) in [7, 11) is 0.546. The van der Waals surface area contributed by atoms with Crippen LogP contribution in [0.2, 0.25) is 0 Å². The Balaban J connectivity index is 1.44. The summed E-state index contributed by atoms with van der Waals surface area (Å²) in [5.41, 5.74) is -0.00131. The minimum absolute atomic E-state index is 0.00131. The maximum absolute atomic E-state index is 13.1. The van der Waals surface area contributed by atoms with Crippen molar-refractivity contribution in [2.45, 2.75) is 44.4 Å². The van der Waals surface area contributed by atoms with Crippen molar-refractivity contribution in [3.05, 3.63) is 30.3 Å². The van der Waals surface area contributed by atoms with Gasteiger partial charge in [0.1, 0.15) is 0 Å². The van der Waals surface area contributed by atoms with E-state index in [1.54, 1.807) is 30.3 Å². The minimum atomic E-state index is -3.51. The van der Waals surface area contributed by atoms with Crippen molar-refractivity contribution in [2.24, 2.45) is 17.3 Å². The first-order chi connectivity index (χ1) is 16.0. The van der Waals surface area contributed by atoms with Crippen LogP contribution in [-0.4, -0.2) is 87.7 Å². The molecule has 2 amide bonds. The van der Waals surface area contributed by atoms with E-state index in [1.165, 1.54) is 4.31 Å². The summed E-state index contributed by atoms with van der Waals surface area (Å²) in [4.78, 5) is 30.0. The Labute approximate surface area is 204 Å². The lowest BCUT2D eigenvalue weighted by Crippen LogP contribution is -2.48. The Morgan fingerprint density at radius 1 is 0.971 bits per heavy atom. The van der Waals surface area contributed by atoms with Crippen LogP contribution >= 0.6 is 0 Å². The van der Waals surface area contributed by atoms with Crippen LogP contribution in [0, 0.1) is 17.3 Å². The average molecular weight is 493 g/mol. The Hall–Kier alpha value is -1.97. The first-order valence-corrected chi connectivity index (χ1v) is 13.7. The third kappa shape index (κ3) is 6.79. The van der Waals surface area contributed by atoms with Gasteiger partial charge in [0.05, 0.1) is 4.90 Å². The zero-order valence-corrected chi connectivity index (χ0v) is 21.8. The van der Waals surface area contributed by atoms with Gasteiger partial charge in [-0.1, -0.05) is 32.0 Å². The molecular formula is C25H40N4O4S. The van der Waals surface area contributed by atoms with E-state index in [4.69, 9.17) is 0 Å². The second-order valence-corrected chi connectivity index (χ2v) is 12.6. The maximum atomic E-state index is 13.1. The van der Waals surface area contributed by atoms with Crippen molar-refractivity contribution >= 4 is 21.8 Å². The topological polar surface area (TPSA) is 90.0 Å². The molecule has 2 heterocycles. The molecule has 34 heavy (non-hydrogen) atoms. The number of amides is 2. The van der Waals surface area contributed by atoms with Gasteiger partial charge in [-0.05, 0) is 57.3 Å². The molecule has 1 N–H and O–H groups in total. The molecule has 0 aliphatic carbocycles. The minimum Gasteiger partial charge on any atom is -0.355 e. The quantitative estimate of drug-likeness (QED) is 0.600. The van der Waals surface area contributed by atoms with Gasteiger partial charge < -0.3 is 15.1 Å². The smallest absolute Gasteiger partial charge is 0.243 e. The number of rotatable bonds is 8. The predicted octanol–water partition coefficient (Wildman–Crippen LogP) is 2.03. The lowest BCUT2D eigenvalue weighted by molar-refractivity contribution is -0.140. The molecule has 1 aromatic rings. The summed E-state index contributed by atoms with van der Waals surface area (Å²) >= 11 is 0. The third-order valence-electron chi connectivity index (χ3n) is 6.85. The molecule has 0 unspecified atom stereocenters. The van der Waals surface area contributed by atoms with Gasteiger partial charge in [0, 0.05) is 51.1 Å². The number of nitrogens with one attached hydrogen (secondary N) is 1. The lowest BCUT2D eigenvalue weighted by Gasteiger charge is -2.37. The second kappa shape index (κ2) is 11.2. The van der Waals surface area contributed by atoms with Crippen LogP contribution in [0.25, 0.3) is 0 Å². The van der Waals surface area contributed by atoms with E-state index in [0.29, 0.717) is 63.3 Å². The van der Waals surface area contributed by atoms with E-state index < -0.39 is 10.0 Å². The summed E-state index contributed by atoms with van der Waals surface area (Å²) in [5, 5.41) is 3.11. The average Bonchev–Trinajstić information content (AvgIpc) is 2.82. The van der Waals surface area contributed by atoms with Gasteiger partial charge in [-0.25, -0.2) is 8.42 Å². The number of benzene rings is 1. The molecule has 9 heteroatoms. The van der Waals surface area contributed by atoms with Crippen LogP contribution in [0.1, 0.15) is 39.5 Å². The second-order valence-electron chi connectivity index (χ2n) is 10.7. The lowest BCUT2D eigenvalue weighted by atomic mass is 9.90. The van der Waals surface area contributed by atoms with Crippen LogP contribution in [0.15, 0.2) is 35.2 Å². The Kier molecular flexibility index (Phi) is 8.76. The van der Waals surface area contributed by atoms with Gasteiger partial charge in [0.15, 0.2) is 0 Å². The molecule has 0 bridgehead atoms. The number of carbonyl (C=O) groups is 2. The molecule has 2 aliphatic heterocycles. The monoisotopic (exact) mass is 492 g/mol. The number of carbonyl (C=O) groups excluding carboxylic acids is 2. The first kappa shape index (κ1) is 26.6. The largest absolute Gasteiger partial charge is 0.355 e. The highest BCUT2D eigenvalue weighted by molar-refractivity contribution is 7.89. The summed E-state index contributed by atoms with van der Waals surface area (Å²) < 4.78 is 27.1. The van der Waals surface area contributed by atoms with Crippen LogP contribution in [-0.2, 0) is 19.6 Å². The molecule has 2 fully saturated rings. The van der Waals surface area contributed by atoms with Crippen molar-refractivity contribution in [1.29, 1.82) is 0 Å². The van der Waals surface area contributed by atoms with Crippen LogP contribution < -0.4 is 5.32 Å². The Morgan fingerprint density at radius 2 is 1.53 bits per heavy atom. The number of hydrogen-bond donors (Lipinski definition) is 1. The van der Waals surface area contributed by atoms with Crippen molar-refractivity contribution < 1.29 is 18.0 Å². The van der Waals surface area contributed by atoms with Gasteiger partial charge in [-0.15, -0.1) is 0 Å².